The molecule has 0 aromatic carbocycles. The number of hydrogen-bond donors (Lipinski definition) is 1. The van der Waals surface area contributed by atoms with Crippen molar-refractivity contribution in [3.05, 3.63) is 0 Å². The van der Waals surface area contributed by atoms with Crippen LogP contribution in [0.15, 0.2) is 0 Å². The molecule has 0 aliphatic heterocycles. The van der Waals surface area contributed by atoms with Crippen molar-refractivity contribution in [1.82, 2.24) is 4.90 Å². The second-order valence-electron chi connectivity index (χ2n) is 7.40. The van der Waals surface area contributed by atoms with E-state index in [1.165, 1.54) is 83.6 Å². The summed E-state index contributed by atoms with van der Waals surface area (Å²) in [6, 6.07) is 0.612. The lowest BCUT2D eigenvalue weighted by molar-refractivity contribution is 0.0414. The SMILES string of the molecule is CCCN(C(C)C)C1(CN)CCCCCCCCCCC1. The van der Waals surface area contributed by atoms with E-state index in [1.807, 2.05) is 0 Å². The van der Waals surface area contributed by atoms with Gasteiger partial charge in [0, 0.05) is 18.1 Å². The van der Waals surface area contributed by atoms with E-state index in [4.69, 9.17) is 5.73 Å². The molecule has 0 unspecified atom stereocenters. The van der Waals surface area contributed by atoms with Crippen molar-refractivity contribution in [3.8, 4) is 0 Å². The second-order valence-corrected chi connectivity index (χ2v) is 7.40. The molecule has 1 fully saturated rings. The van der Waals surface area contributed by atoms with E-state index in [0.717, 1.165) is 6.54 Å². The zero-order valence-corrected chi connectivity index (χ0v) is 15.0. The summed E-state index contributed by atoms with van der Waals surface area (Å²) in [6.45, 7) is 9.04. The third kappa shape index (κ3) is 6.28. The molecule has 0 radical (unpaired) electrons. The Morgan fingerprint density at radius 1 is 0.857 bits per heavy atom. The molecule has 0 bridgehead atoms. The fourth-order valence-electron chi connectivity index (χ4n) is 4.16. The van der Waals surface area contributed by atoms with E-state index in [0.29, 0.717) is 6.04 Å². The van der Waals surface area contributed by atoms with Gasteiger partial charge in [0.2, 0.25) is 0 Å². The minimum Gasteiger partial charge on any atom is -0.329 e. The molecule has 1 rings (SSSR count). The van der Waals surface area contributed by atoms with Crippen molar-refractivity contribution in [3.63, 3.8) is 0 Å². The molecule has 0 heterocycles. The van der Waals surface area contributed by atoms with Crippen LogP contribution in [0.3, 0.4) is 0 Å². The van der Waals surface area contributed by atoms with Gasteiger partial charge < -0.3 is 5.73 Å². The topological polar surface area (TPSA) is 29.3 Å². The van der Waals surface area contributed by atoms with Gasteiger partial charge in [0.05, 0.1) is 0 Å². The Morgan fingerprint density at radius 2 is 1.29 bits per heavy atom. The molecule has 126 valence electrons. The predicted molar refractivity (Wildman–Crippen MR) is 94.7 cm³/mol. The average molecular weight is 297 g/mol. The Balaban J connectivity index is 2.77. The Kier molecular flexibility index (Phi) is 9.59. The molecule has 1 saturated carbocycles. The standard InChI is InChI=1S/C19H40N2/c1-4-16-21(18(2)3)19(17-20)14-12-10-8-6-5-7-9-11-13-15-19/h18H,4-17,20H2,1-3H3. The molecule has 2 heteroatoms. The zero-order valence-electron chi connectivity index (χ0n) is 15.0. The lowest BCUT2D eigenvalue weighted by Gasteiger charge is -2.46. The van der Waals surface area contributed by atoms with Crippen LogP contribution in [-0.4, -0.2) is 29.6 Å². The molecule has 0 amide bonds. The summed E-state index contributed by atoms with van der Waals surface area (Å²) in [5.41, 5.74) is 6.61. The van der Waals surface area contributed by atoms with E-state index in [1.54, 1.807) is 0 Å². The monoisotopic (exact) mass is 296 g/mol. The fraction of sp³-hybridized carbons (Fsp3) is 1.00. The molecule has 1 aliphatic carbocycles. The van der Waals surface area contributed by atoms with Crippen molar-refractivity contribution < 1.29 is 0 Å². The molecular formula is C19H40N2. The molecule has 0 saturated heterocycles. The number of rotatable bonds is 5. The minimum absolute atomic E-state index is 0.267. The maximum Gasteiger partial charge on any atom is 0.0334 e. The first-order valence-electron chi connectivity index (χ1n) is 9.63. The Labute approximate surface area is 133 Å². The van der Waals surface area contributed by atoms with Crippen LogP contribution in [0.25, 0.3) is 0 Å². The summed E-state index contributed by atoms with van der Waals surface area (Å²) in [4.78, 5) is 2.73. The highest BCUT2D eigenvalue weighted by Gasteiger charge is 2.35. The number of nitrogens with two attached hydrogens (primary N) is 1. The summed E-state index contributed by atoms with van der Waals surface area (Å²) in [5.74, 6) is 0. The third-order valence-corrected chi connectivity index (χ3v) is 5.36. The molecule has 2 nitrogen and oxygen atoms in total. The van der Waals surface area contributed by atoms with E-state index in [-0.39, 0.29) is 5.54 Å². The maximum atomic E-state index is 6.35. The molecule has 0 aromatic rings. The van der Waals surface area contributed by atoms with Crippen molar-refractivity contribution in [1.29, 1.82) is 0 Å². The smallest absolute Gasteiger partial charge is 0.0334 e. The zero-order chi connectivity index (χ0) is 15.6. The van der Waals surface area contributed by atoms with Gasteiger partial charge in [-0.05, 0) is 39.7 Å². The summed E-state index contributed by atoms with van der Waals surface area (Å²) in [7, 11) is 0. The average Bonchev–Trinajstić information content (AvgIpc) is 2.46. The highest BCUT2D eigenvalue weighted by atomic mass is 15.2. The van der Waals surface area contributed by atoms with E-state index in [2.05, 4.69) is 25.7 Å². The Morgan fingerprint density at radius 3 is 1.62 bits per heavy atom. The van der Waals surface area contributed by atoms with Gasteiger partial charge in [-0.25, -0.2) is 0 Å². The fourth-order valence-corrected chi connectivity index (χ4v) is 4.16. The second kappa shape index (κ2) is 10.6. The highest BCUT2D eigenvalue weighted by molar-refractivity contribution is 4.93. The van der Waals surface area contributed by atoms with Crippen molar-refractivity contribution in [2.45, 2.75) is 109 Å². The van der Waals surface area contributed by atoms with Crippen molar-refractivity contribution in [2.75, 3.05) is 13.1 Å². The molecular weight excluding hydrogens is 256 g/mol. The summed E-state index contributed by atoms with van der Waals surface area (Å²) >= 11 is 0. The molecule has 0 atom stereocenters. The van der Waals surface area contributed by atoms with Crippen LogP contribution in [0.2, 0.25) is 0 Å². The number of nitrogens with zero attached hydrogens (tertiary/aromatic N) is 1. The lowest BCUT2D eigenvalue weighted by atomic mass is 9.83. The quantitative estimate of drug-likeness (QED) is 0.764. The molecule has 21 heavy (non-hydrogen) atoms. The molecule has 1 aliphatic rings. The van der Waals surface area contributed by atoms with Crippen LogP contribution in [0, 0.1) is 0 Å². The minimum atomic E-state index is 0.267. The van der Waals surface area contributed by atoms with Crippen molar-refractivity contribution >= 4 is 0 Å². The lowest BCUT2D eigenvalue weighted by Crippen LogP contribution is -2.56. The molecule has 2 N–H and O–H groups in total. The normalized spacial score (nSPS) is 22.0. The number of hydrogen-bond acceptors (Lipinski definition) is 2. The van der Waals surface area contributed by atoms with Gasteiger partial charge in [-0.3, -0.25) is 4.90 Å². The van der Waals surface area contributed by atoms with E-state index < -0.39 is 0 Å². The van der Waals surface area contributed by atoms with E-state index >= 15 is 0 Å². The summed E-state index contributed by atoms with van der Waals surface area (Å²) in [5, 5.41) is 0. The van der Waals surface area contributed by atoms with Crippen LogP contribution in [-0.2, 0) is 0 Å². The van der Waals surface area contributed by atoms with Gasteiger partial charge in [-0.1, -0.05) is 64.7 Å². The van der Waals surface area contributed by atoms with Gasteiger partial charge in [0.15, 0.2) is 0 Å². The van der Waals surface area contributed by atoms with Crippen LogP contribution in [0.4, 0.5) is 0 Å². The van der Waals surface area contributed by atoms with E-state index in [9.17, 15) is 0 Å². The van der Waals surface area contributed by atoms with Gasteiger partial charge >= 0.3 is 0 Å². The Hall–Kier alpha value is -0.0800. The van der Waals surface area contributed by atoms with Crippen LogP contribution in [0.1, 0.15) is 97.8 Å². The van der Waals surface area contributed by atoms with Crippen LogP contribution >= 0.6 is 0 Å². The third-order valence-electron chi connectivity index (χ3n) is 5.36. The molecule has 0 spiro atoms. The van der Waals surface area contributed by atoms with Crippen LogP contribution in [0.5, 0.6) is 0 Å². The summed E-state index contributed by atoms with van der Waals surface area (Å²) in [6.07, 6.45) is 16.6. The first-order valence-corrected chi connectivity index (χ1v) is 9.63. The summed E-state index contributed by atoms with van der Waals surface area (Å²) < 4.78 is 0. The van der Waals surface area contributed by atoms with Crippen molar-refractivity contribution in [2.24, 2.45) is 5.73 Å². The van der Waals surface area contributed by atoms with Gasteiger partial charge in [0.25, 0.3) is 0 Å². The Bertz CT molecular complexity index is 238. The molecule has 0 aromatic heterocycles. The highest BCUT2D eigenvalue weighted by Crippen LogP contribution is 2.31. The first kappa shape index (κ1) is 19.0. The first-order chi connectivity index (χ1) is 10.2. The predicted octanol–water partition coefficient (Wildman–Crippen LogP) is 5.11. The van der Waals surface area contributed by atoms with Gasteiger partial charge in [-0.2, -0.15) is 0 Å². The van der Waals surface area contributed by atoms with Gasteiger partial charge in [0.1, 0.15) is 0 Å². The largest absolute Gasteiger partial charge is 0.329 e. The van der Waals surface area contributed by atoms with Gasteiger partial charge in [-0.15, -0.1) is 0 Å². The van der Waals surface area contributed by atoms with Crippen LogP contribution < -0.4 is 5.73 Å². The maximum absolute atomic E-state index is 6.35.